The van der Waals surface area contributed by atoms with Crippen LogP contribution in [0.1, 0.15) is 41.6 Å². The molecule has 0 atom stereocenters. The minimum absolute atomic E-state index is 0.0614. The summed E-state index contributed by atoms with van der Waals surface area (Å²) in [4.78, 5) is 25.8. The fraction of sp³-hybridized carbons (Fsp3) is 0.286. The van der Waals surface area contributed by atoms with Gasteiger partial charge in [0.25, 0.3) is 5.69 Å². The maximum Gasteiger partial charge on any atom is 0.373 e. The highest BCUT2D eigenvalue weighted by Gasteiger charge is 2.23. The number of aromatic nitrogens is 1. The molecule has 2 aromatic rings. The van der Waals surface area contributed by atoms with E-state index in [9.17, 15) is 14.9 Å². The normalized spacial score (nSPS) is 10.9. The number of carboxylic acid groups (broad SMARTS) is 1. The predicted octanol–water partition coefficient (Wildman–Crippen LogP) is 3.38. The number of hydrogen-bond acceptors (Lipinski definition) is 5. The van der Waals surface area contributed by atoms with Crippen molar-refractivity contribution in [1.29, 1.82) is 0 Å². The van der Waals surface area contributed by atoms with Crippen LogP contribution < -0.4 is 0 Å². The first-order valence-corrected chi connectivity index (χ1v) is 6.30. The molecule has 1 heterocycles. The molecule has 0 fully saturated rings. The van der Waals surface area contributed by atoms with Crippen molar-refractivity contribution >= 4 is 11.7 Å². The second-order valence-corrected chi connectivity index (χ2v) is 4.95. The van der Waals surface area contributed by atoms with Gasteiger partial charge in [-0.25, -0.2) is 9.78 Å². The molecule has 7 heteroatoms. The van der Waals surface area contributed by atoms with Crippen LogP contribution in [0.3, 0.4) is 0 Å². The molecule has 2 rings (SSSR count). The van der Waals surface area contributed by atoms with E-state index in [0.29, 0.717) is 16.8 Å². The van der Waals surface area contributed by atoms with Gasteiger partial charge in [0.15, 0.2) is 0 Å². The Morgan fingerprint density at radius 2 is 2.10 bits per heavy atom. The van der Waals surface area contributed by atoms with E-state index < -0.39 is 10.9 Å². The van der Waals surface area contributed by atoms with Crippen molar-refractivity contribution in [1.82, 2.24) is 4.98 Å². The molecule has 0 aliphatic rings. The van der Waals surface area contributed by atoms with E-state index in [0.717, 1.165) is 0 Å². The minimum atomic E-state index is -1.21. The fourth-order valence-electron chi connectivity index (χ4n) is 1.94. The highest BCUT2D eigenvalue weighted by molar-refractivity contribution is 5.86. The van der Waals surface area contributed by atoms with Gasteiger partial charge in [-0.15, -0.1) is 0 Å². The molecular weight excluding hydrogens is 276 g/mol. The van der Waals surface area contributed by atoms with Gasteiger partial charge in [-0.1, -0.05) is 19.9 Å². The van der Waals surface area contributed by atoms with Crippen LogP contribution in [0.4, 0.5) is 5.69 Å². The van der Waals surface area contributed by atoms with Crippen molar-refractivity contribution in [2.24, 2.45) is 0 Å². The number of benzene rings is 1. The second kappa shape index (κ2) is 5.35. The standard InChI is InChI=1S/C14H14N2O5/c1-7(2)11-12(14(17)18)21-13(15-11)9-5-4-8(3)10(6-9)16(19)20/h4-7H,1-3H3,(H,17,18). The SMILES string of the molecule is Cc1ccc(-c2nc(C(C)C)c(C(=O)O)o2)cc1[N+](=O)[O-]. The van der Waals surface area contributed by atoms with Gasteiger partial charge in [0.2, 0.25) is 11.7 Å². The number of carbonyl (C=O) groups is 1. The Kier molecular flexibility index (Phi) is 3.75. The summed E-state index contributed by atoms with van der Waals surface area (Å²) >= 11 is 0. The van der Waals surface area contributed by atoms with Crippen LogP contribution in [-0.2, 0) is 0 Å². The topological polar surface area (TPSA) is 106 Å². The Balaban J connectivity index is 2.57. The van der Waals surface area contributed by atoms with Gasteiger partial charge in [-0.05, 0) is 18.9 Å². The van der Waals surface area contributed by atoms with Gasteiger partial charge in [0.1, 0.15) is 0 Å². The third-order valence-corrected chi connectivity index (χ3v) is 3.05. The summed E-state index contributed by atoms with van der Waals surface area (Å²) in [6.07, 6.45) is 0. The van der Waals surface area contributed by atoms with Crippen LogP contribution in [-0.4, -0.2) is 21.0 Å². The van der Waals surface area contributed by atoms with E-state index in [2.05, 4.69) is 4.98 Å². The third-order valence-electron chi connectivity index (χ3n) is 3.05. The van der Waals surface area contributed by atoms with Gasteiger partial charge in [0, 0.05) is 17.2 Å². The first kappa shape index (κ1) is 14.7. The van der Waals surface area contributed by atoms with Crippen LogP contribution in [0.15, 0.2) is 22.6 Å². The fourth-order valence-corrected chi connectivity index (χ4v) is 1.94. The molecule has 1 aromatic heterocycles. The van der Waals surface area contributed by atoms with Gasteiger partial charge >= 0.3 is 5.97 Å². The zero-order chi connectivity index (χ0) is 15.7. The van der Waals surface area contributed by atoms with E-state index in [-0.39, 0.29) is 23.3 Å². The molecule has 0 aliphatic heterocycles. The molecule has 0 amide bonds. The Bertz CT molecular complexity index is 718. The van der Waals surface area contributed by atoms with Crippen LogP contribution >= 0.6 is 0 Å². The molecule has 1 aromatic carbocycles. The third kappa shape index (κ3) is 2.76. The molecule has 0 saturated heterocycles. The zero-order valence-corrected chi connectivity index (χ0v) is 11.8. The number of rotatable bonds is 4. The molecule has 7 nitrogen and oxygen atoms in total. The molecule has 0 saturated carbocycles. The van der Waals surface area contributed by atoms with Crippen LogP contribution in [0.2, 0.25) is 0 Å². The summed E-state index contributed by atoms with van der Waals surface area (Å²) in [6.45, 7) is 5.22. The Labute approximate surface area is 120 Å². The average molecular weight is 290 g/mol. The monoisotopic (exact) mass is 290 g/mol. The molecule has 1 N–H and O–H groups in total. The maximum atomic E-state index is 11.2. The lowest BCUT2D eigenvalue weighted by atomic mass is 10.1. The van der Waals surface area contributed by atoms with Crippen LogP contribution in [0.25, 0.3) is 11.5 Å². The number of carboxylic acids is 1. The van der Waals surface area contributed by atoms with Crippen molar-refractivity contribution < 1.29 is 19.2 Å². The number of nitro groups is 1. The van der Waals surface area contributed by atoms with Crippen LogP contribution in [0, 0.1) is 17.0 Å². The average Bonchev–Trinajstić information content (AvgIpc) is 2.84. The first-order chi connectivity index (χ1) is 9.81. The molecule has 21 heavy (non-hydrogen) atoms. The number of oxazole rings is 1. The number of hydrogen-bond donors (Lipinski definition) is 1. The van der Waals surface area contributed by atoms with E-state index in [1.54, 1.807) is 32.9 Å². The second-order valence-electron chi connectivity index (χ2n) is 4.95. The van der Waals surface area contributed by atoms with E-state index in [1.165, 1.54) is 6.07 Å². The van der Waals surface area contributed by atoms with E-state index in [4.69, 9.17) is 9.52 Å². The van der Waals surface area contributed by atoms with Crippen molar-refractivity contribution in [3.8, 4) is 11.5 Å². The Morgan fingerprint density at radius 1 is 1.43 bits per heavy atom. The van der Waals surface area contributed by atoms with Gasteiger partial charge in [-0.2, -0.15) is 0 Å². The van der Waals surface area contributed by atoms with Gasteiger partial charge < -0.3 is 9.52 Å². The molecule has 0 spiro atoms. The molecule has 0 unspecified atom stereocenters. The highest BCUT2D eigenvalue weighted by atomic mass is 16.6. The maximum absolute atomic E-state index is 11.2. The van der Waals surface area contributed by atoms with Crippen LogP contribution in [0.5, 0.6) is 0 Å². The largest absolute Gasteiger partial charge is 0.475 e. The summed E-state index contributed by atoms with van der Waals surface area (Å²) in [6, 6.07) is 4.52. The summed E-state index contributed by atoms with van der Waals surface area (Å²) in [5, 5.41) is 20.1. The smallest absolute Gasteiger partial charge is 0.373 e. The van der Waals surface area contributed by atoms with Gasteiger partial charge in [0.05, 0.1) is 10.6 Å². The first-order valence-electron chi connectivity index (χ1n) is 6.30. The summed E-state index contributed by atoms with van der Waals surface area (Å²) in [5.41, 5.74) is 1.15. The molecule has 0 radical (unpaired) electrons. The lowest BCUT2D eigenvalue weighted by molar-refractivity contribution is -0.385. The summed E-state index contributed by atoms with van der Waals surface area (Å²) in [7, 11) is 0. The molecule has 0 bridgehead atoms. The van der Waals surface area contributed by atoms with E-state index in [1.807, 2.05) is 0 Å². The van der Waals surface area contributed by atoms with E-state index >= 15 is 0 Å². The molecule has 110 valence electrons. The quantitative estimate of drug-likeness (QED) is 0.683. The lowest BCUT2D eigenvalue weighted by Gasteiger charge is -1.99. The Morgan fingerprint density at radius 3 is 2.57 bits per heavy atom. The van der Waals surface area contributed by atoms with Crippen molar-refractivity contribution in [3.05, 3.63) is 45.3 Å². The van der Waals surface area contributed by atoms with Crippen molar-refractivity contribution in [2.75, 3.05) is 0 Å². The summed E-state index contributed by atoms with van der Waals surface area (Å²) in [5.74, 6) is -1.50. The molecule has 0 aliphatic carbocycles. The molecular formula is C14H14N2O5. The van der Waals surface area contributed by atoms with Crippen molar-refractivity contribution in [3.63, 3.8) is 0 Å². The number of nitro benzene ring substituents is 1. The Hall–Kier alpha value is -2.70. The minimum Gasteiger partial charge on any atom is -0.475 e. The number of nitrogens with zero attached hydrogens (tertiary/aromatic N) is 2. The lowest BCUT2D eigenvalue weighted by Crippen LogP contribution is -2.01. The predicted molar refractivity (Wildman–Crippen MR) is 74.4 cm³/mol. The zero-order valence-electron chi connectivity index (χ0n) is 11.8. The number of aromatic carboxylic acids is 1. The van der Waals surface area contributed by atoms with Gasteiger partial charge in [-0.3, -0.25) is 10.1 Å². The number of aryl methyl sites for hydroxylation is 1. The highest BCUT2D eigenvalue weighted by Crippen LogP contribution is 2.30. The summed E-state index contributed by atoms with van der Waals surface area (Å²) < 4.78 is 5.26. The van der Waals surface area contributed by atoms with Crippen molar-refractivity contribution in [2.45, 2.75) is 26.7 Å².